The lowest BCUT2D eigenvalue weighted by Gasteiger charge is -2.28. The quantitative estimate of drug-likeness (QED) is 0.731. The first-order valence-corrected chi connectivity index (χ1v) is 8.32. The summed E-state index contributed by atoms with van der Waals surface area (Å²) in [5, 5.41) is 7.60. The number of nitrogens with two attached hydrogens (primary N) is 1. The summed E-state index contributed by atoms with van der Waals surface area (Å²) in [5.41, 5.74) is 5.90. The second kappa shape index (κ2) is 7.93. The Labute approximate surface area is 142 Å². The van der Waals surface area contributed by atoms with E-state index < -0.39 is 5.41 Å². The minimum Gasteiger partial charge on any atom is -0.347 e. The van der Waals surface area contributed by atoms with Crippen molar-refractivity contribution in [2.45, 2.75) is 26.7 Å². The van der Waals surface area contributed by atoms with Crippen LogP contribution in [-0.4, -0.2) is 24.9 Å². The van der Waals surface area contributed by atoms with Crippen LogP contribution in [0.4, 0.5) is 5.69 Å². The highest BCUT2D eigenvalue weighted by atomic mass is 16.2. The molecule has 5 heteroatoms. The standard InChI is InChI=1S/C19H25N3O2/c1-3-19(4-2,13-20)18(24)21-12-17(23)22-16-11-7-9-14-8-5-6-10-15(14)16/h5-11H,3-4,12-13,20H2,1-2H3,(H,21,24)(H,22,23). The van der Waals surface area contributed by atoms with Crippen molar-refractivity contribution in [1.82, 2.24) is 5.32 Å². The van der Waals surface area contributed by atoms with Crippen molar-refractivity contribution in [3.63, 3.8) is 0 Å². The maximum Gasteiger partial charge on any atom is 0.243 e. The van der Waals surface area contributed by atoms with Gasteiger partial charge >= 0.3 is 0 Å². The monoisotopic (exact) mass is 327 g/mol. The molecule has 0 saturated heterocycles. The van der Waals surface area contributed by atoms with Gasteiger partial charge in [-0.3, -0.25) is 9.59 Å². The molecule has 0 radical (unpaired) electrons. The van der Waals surface area contributed by atoms with E-state index in [2.05, 4.69) is 10.6 Å². The molecule has 0 atom stereocenters. The Morgan fingerprint density at radius 2 is 1.71 bits per heavy atom. The van der Waals surface area contributed by atoms with Crippen LogP contribution in [0.2, 0.25) is 0 Å². The van der Waals surface area contributed by atoms with Crippen LogP contribution in [0.5, 0.6) is 0 Å². The molecule has 2 aromatic carbocycles. The summed E-state index contributed by atoms with van der Waals surface area (Å²) in [7, 11) is 0. The highest BCUT2D eigenvalue weighted by Crippen LogP contribution is 2.25. The Hall–Kier alpha value is -2.40. The molecule has 0 unspecified atom stereocenters. The van der Waals surface area contributed by atoms with Crippen LogP contribution in [0.1, 0.15) is 26.7 Å². The molecule has 5 nitrogen and oxygen atoms in total. The molecule has 128 valence electrons. The molecule has 0 spiro atoms. The van der Waals surface area contributed by atoms with Crippen molar-refractivity contribution in [2.75, 3.05) is 18.4 Å². The lowest BCUT2D eigenvalue weighted by Crippen LogP contribution is -2.47. The molecule has 0 aromatic heterocycles. The summed E-state index contributed by atoms with van der Waals surface area (Å²) in [6.45, 7) is 4.08. The molecule has 2 amide bonds. The van der Waals surface area contributed by atoms with Gasteiger partial charge in [-0.05, 0) is 24.3 Å². The van der Waals surface area contributed by atoms with Gasteiger partial charge in [0.2, 0.25) is 11.8 Å². The predicted molar refractivity (Wildman–Crippen MR) is 97.7 cm³/mol. The third-order valence-electron chi connectivity index (χ3n) is 4.70. The van der Waals surface area contributed by atoms with Crippen LogP contribution < -0.4 is 16.4 Å². The molecular formula is C19H25N3O2. The van der Waals surface area contributed by atoms with Crippen molar-refractivity contribution >= 4 is 28.3 Å². The molecule has 0 fully saturated rings. The van der Waals surface area contributed by atoms with E-state index in [4.69, 9.17) is 5.73 Å². The molecule has 0 aliphatic carbocycles. The average molecular weight is 327 g/mol. The minimum absolute atomic E-state index is 0.0657. The number of rotatable bonds is 7. The van der Waals surface area contributed by atoms with E-state index in [0.717, 1.165) is 16.5 Å². The Bertz CT molecular complexity index is 710. The fraction of sp³-hybridized carbons (Fsp3) is 0.368. The fourth-order valence-electron chi connectivity index (χ4n) is 2.83. The van der Waals surface area contributed by atoms with Gasteiger partial charge < -0.3 is 16.4 Å². The first-order chi connectivity index (χ1) is 11.6. The van der Waals surface area contributed by atoms with E-state index in [1.54, 1.807) is 0 Å². The number of anilines is 1. The van der Waals surface area contributed by atoms with Gasteiger partial charge in [0, 0.05) is 17.6 Å². The number of carbonyl (C=O) groups excluding carboxylic acids is 2. The molecule has 0 aliphatic heterocycles. The lowest BCUT2D eigenvalue weighted by molar-refractivity contribution is -0.132. The van der Waals surface area contributed by atoms with E-state index in [0.29, 0.717) is 12.8 Å². The molecule has 2 aromatic rings. The zero-order chi connectivity index (χ0) is 17.6. The Kier molecular flexibility index (Phi) is 5.93. The highest BCUT2D eigenvalue weighted by Gasteiger charge is 2.33. The summed E-state index contributed by atoms with van der Waals surface area (Å²) in [5.74, 6) is -0.416. The Balaban J connectivity index is 2.02. The van der Waals surface area contributed by atoms with Gasteiger partial charge in [-0.15, -0.1) is 0 Å². The third-order valence-corrected chi connectivity index (χ3v) is 4.70. The van der Waals surface area contributed by atoms with Crippen molar-refractivity contribution in [2.24, 2.45) is 11.1 Å². The molecule has 2 rings (SSSR count). The maximum absolute atomic E-state index is 12.4. The summed E-state index contributed by atoms with van der Waals surface area (Å²) in [6.07, 6.45) is 1.30. The zero-order valence-corrected chi connectivity index (χ0v) is 14.3. The van der Waals surface area contributed by atoms with Gasteiger partial charge in [0.15, 0.2) is 0 Å². The topological polar surface area (TPSA) is 84.2 Å². The first kappa shape index (κ1) is 17.9. The summed E-state index contributed by atoms with van der Waals surface area (Å²) in [4.78, 5) is 24.6. The van der Waals surface area contributed by atoms with Gasteiger partial charge in [-0.2, -0.15) is 0 Å². The van der Waals surface area contributed by atoms with Crippen molar-refractivity contribution in [3.8, 4) is 0 Å². The van der Waals surface area contributed by atoms with Crippen LogP contribution in [0, 0.1) is 5.41 Å². The summed E-state index contributed by atoms with van der Waals surface area (Å²) in [6, 6.07) is 13.6. The normalized spacial score (nSPS) is 11.3. The minimum atomic E-state index is -0.597. The fourth-order valence-corrected chi connectivity index (χ4v) is 2.83. The molecule has 24 heavy (non-hydrogen) atoms. The highest BCUT2D eigenvalue weighted by molar-refractivity contribution is 6.03. The van der Waals surface area contributed by atoms with Crippen LogP contribution in [0.3, 0.4) is 0 Å². The van der Waals surface area contributed by atoms with Crippen molar-refractivity contribution in [1.29, 1.82) is 0 Å². The molecule has 0 saturated carbocycles. The zero-order valence-electron chi connectivity index (χ0n) is 14.3. The van der Waals surface area contributed by atoms with E-state index in [9.17, 15) is 9.59 Å². The number of hydrogen-bond donors (Lipinski definition) is 3. The summed E-state index contributed by atoms with van der Waals surface area (Å²) >= 11 is 0. The molecule has 0 bridgehead atoms. The smallest absolute Gasteiger partial charge is 0.243 e. The van der Waals surface area contributed by atoms with Gasteiger partial charge in [-0.1, -0.05) is 50.2 Å². The van der Waals surface area contributed by atoms with Gasteiger partial charge in [0.1, 0.15) is 0 Å². The molecule has 0 aliphatic rings. The largest absolute Gasteiger partial charge is 0.347 e. The first-order valence-electron chi connectivity index (χ1n) is 8.32. The predicted octanol–water partition coefficient (Wildman–Crippen LogP) is 2.66. The number of carbonyl (C=O) groups is 2. The van der Waals surface area contributed by atoms with Crippen LogP contribution in [-0.2, 0) is 9.59 Å². The third kappa shape index (κ3) is 3.74. The number of nitrogens with one attached hydrogen (secondary N) is 2. The number of amides is 2. The van der Waals surface area contributed by atoms with E-state index in [-0.39, 0.29) is 24.9 Å². The van der Waals surface area contributed by atoms with E-state index in [1.165, 1.54) is 0 Å². The van der Waals surface area contributed by atoms with Gasteiger partial charge in [0.25, 0.3) is 0 Å². The van der Waals surface area contributed by atoms with E-state index in [1.807, 2.05) is 56.3 Å². The SMILES string of the molecule is CCC(CC)(CN)C(=O)NCC(=O)Nc1cccc2ccccc12. The molecular weight excluding hydrogens is 302 g/mol. The number of fused-ring (bicyclic) bond motifs is 1. The van der Waals surface area contributed by atoms with Crippen molar-refractivity contribution in [3.05, 3.63) is 42.5 Å². The van der Waals surface area contributed by atoms with Gasteiger partial charge in [0.05, 0.1) is 12.0 Å². The lowest BCUT2D eigenvalue weighted by atomic mass is 9.81. The van der Waals surface area contributed by atoms with Crippen molar-refractivity contribution < 1.29 is 9.59 Å². The Morgan fingerprint density at radius 3 is 2.38 bits per heavy atom. The van der Waals surface area contributed by atoms with Crippen LogP contribution >= 0.6 is 0 Å². The maximum atomic E-state index is 12.4. The van der Waals surface area contributed by atoms with Gasteiger partial charge in [-0.25, -0.2) is 0 Å². The second-order valence-corrected chi connectivity index (χ2v) is 5.95. The average Bonchev–Trinajstić information content (AvgIpc) is 2.62. The molecule has 0 heterocycles. The summed E-state index contributed by atoms with van der Waals surface area (Å²) < 4.78 is 0. The molecule has 4 N–H and O–H groups in total. The number of benzene rings is 2. The number of hydrogen-bond acceptors (Lipinski definition) is 3. The van der Waals surface area contributed by atoms with Crippen LogP contribution in [0.25, 0.3) is 10.8 Å². The van der Waals surface area contributed by atoms with Crippen LogP contribution in [0.15, 0.2) is 42.5 Å². The van der Waals surface area contributed by atoms with E-state index >= 15 is 0 Å². The second-order valence-electron chi connectivity index (χ2n) is 5.95. The Morgan fingerprint density at radius 1 is 1.04 bits per heavy atom.